The van der Waals surface area contributed by atoms with Crippen molar-refractivity contribution >= 4 is 56.4 Å². The van der Waals surface area contributed by atoms with Gasteiger partial charge in [-0.3, -0.25) is 19.7 Å². The van der Waals surface area contributed by atoms with Crippen LogP contribution in [0.2, 0.25) is 0 Å². The summed E-state index contributed by atoms with van der Waals surface area (Å²) in [4.78, 5) is 43.4. The first kappa shape index (κ1) is 23.5. The molecule has 2 aromatic carbocycles. The molecule has 0 saturated heterocycles. The van der Waals surface area contributed by atoms with Crippen LogP contribution in [-0.2, 0) is 20.9 Å². The van der Waals surface area contributed by atoms with Gasteiger partial charge in [0.25, 0.3) is 11.8 Å². The van der Waals surface area contributed by atoms with Crippen LogP contribution < -0.4 is 10.6 Å². The molecule has 9 nitrogen and oxygen atoms in total. The lowest BCUT2D eigenvalue weighted by molar-refractivity contribution is -0.122. The van der Waals surface area contributed by atoms with E-state index in [1.54, 1.807) is 24.5 Å². The molecule has 0 aliphatic carbocycles. The minimum absolute atomic E-state index is 0.230. The zero-order valence-electron chi connectivity index (χ0n) is 20.3. The number of imide groups is 1. The molecule has 4 N–H and O–H groups in total. The second-order valence-corrected chi connectivity index (χ2v) is 9.27. The number of benzene rings is 2. The van der Waals surface area contributed by atoms with Crippen molar-refractivity contribution in [3.05, 3.63) is 66.0 Å². The van der Waals surface area contributed by atoms with Crippen LogP contribution in [-0.4, -0.2) is 64.0 Å². The van der Waals surface area contributed by atoms with Crippen LogP contribution in [0.5, 0.6) is 0 Å². The highest BCUT2D eigenvalue weighted by Crippen LogP contribution is 2.40. The van der Waals surface area contributed by atoms with E-state index in [1.807, 2.05) is 53.9 Å². The molecule has 2 aromatic heterocycles. The first-order chi connectivity index (χ1) is 17.2. The van der Waals surface area contributed by atoms with Gasteiger partial charge in [0.15, 0.2) is 0 Å². The average molecular weight is 486 g/mol. The molecule has 1 aliphatic heterocycles. The van der Waals surface area contributed by atoms with E-state index in [0.717, 1.165) is 16.4 Å². The Morgan fingerprint density at radius 2 is 1.78 bits per heavy atom. The number of nitrogens with zero attached hydrogens (tertiary/aromatic N) is 2. The van der Waals surface area contributed by atoms with E-state index in [2.05, 4.69) is 15.6 Å². The second-order valence-electron chi connectivity index (χ2n) is 9.27. The van der Waals surface area contributed by atoms with Crippen molar-refractivity contribution in [1.29, 1.82) is 0 Å². The fraction of sp³-hybridized carbons (Fsp3) is 0.222. The third-order valence-corrected chi connectivity index (χ3v) is 6.26. The number of rotatable bonds is 7. The number of anilines is 1. The van der Waals surface area contributed by atoms with Crippen LogP contribution in [0.25, 0.3) is 33.0 Å². The van der Waals surface area contributed by atoms with Gasteiger partial charge in [-0.2, -0.15) is 0 Å². The Kier molecular flexibility index (Phi) is 5.95. The van der Waals surface area contributed by atoms with Gasteiger partial charge in [-0.05, 0) is 32.3 Å². The summed E-state index contributed by atoms with van der Waals surface area (Å²) in [6.45, 7) is 2.13. The van der Waals surface area contributed by atoms with Gasteiger partial charge in [0.05, 0.1) is 28.5 Å². The number of para-hydroxylation sites is 1. The van der Waals surface area contributed by atoms with E-state index in [4.69, 9.17) is 0 Å². The molecule has 184 valence electrons. The molecule has 0 bridgehead atoms. The Hall–Kier alpha value is -4.21. The largest absolute Gasteiger partial charge is 0.390 e. The van der Waals surface area contributed by atoms with Crippen molar-refractivity contribution in [3.8, 4) is 0 Å². The summed E-state index contributed by atoms with van der Waals surface area (Å²) in [5, 5.41) is 17.4. The van der Waals surface area contributed by atoms with E-state index < -0.39 is 17.9 Å². The Morgan fingerprint density at radius 3 is 2.50 bits per heavy atom. The second kappa shape index (κ2) is 9.10. The first-order valence-electron chi connectivity index (χ1n) is 11.6. The molecule has 0 fully saturated rings. The average Bonchev–Trinajstić information content (AvgIpc) is 3.46. The number of H-pyrrole nitrogens is 1. The first-order valence-corrected chi connectivity index (χ1v) is 11.6. The number of aromatic nitrogens is 2. The van der Waals surface area contributed by atoms with Crippen LogP contribution in [0, 0.1) is 0 Å². The van der Waals surface area contributed by atoms with E-state index >= 15 is 0 Å². The zero-order valence-corrected chi connectivity index (χ0v) is 20.3. The number of nitrogens with one attached hydrogen (secondary N) is 3. The van der Waals surface area contributed by atoms with Gasteiger partial charge in [0.2, 0.25) is 5.91 Å². The van der Waals surface area contributed by atoms with Crippen molar-refractivity contribution < 1.29 is 19.5 Å². The van der Waals surface area contributed by atoms with Gasteiger partial charge in [-0.25, -0.2) is 0 Å². The Morgan fingerprint density at radius 1 is 1.06 bits per heavy atom. The lowest BCUT2D eigenvalue weighted by Crippen LogP contribution is -2.29. The lowest BCUT2D eigenvalue weighted by atomic mass is 9.95. The molecule has 0 spiro atoms. The number of hydrogen-bond acceptors (Lipinski definition) is 5. The summed E-state index contributed by atoms with van der Waals surface area (Å²) in [5.41, 5.74) is 3.72. The number of aliphatic hydroxyl groups is 1. The monoisotopic (exact) mass is 485 g/mol. The summed E-state index contributed by atoms with van der Waals surface area (Å²) >= 11 is 0. The highest BCUT2D eigenvalue weighted by Gasteiger charge is 2.35. The summed E-state index contributed by atoms with van der Waals surface area (Å²) in [6, 6.07) is 13.0. The van der Waals surface area contributed by atoms with Crippen molar-refractivity contribution in [2.24, 2.45) is 0 Å². The molecule has 4 aromatic rings. The fourth-order valence-corrected chi connectivity index (χ4v) is 4.94. The highest BCUT2D eigenvalue weighted by molar-refractivity contribution is 6.51. The standard InChI is InChI=1S/C27H27N5O4/c1-15(33)29-21-9-6-10-22-23(21)19(14-32(22)13-16(34)12-31(2)3)25-24(26(35)30-27(25)36)18-11-28-20-8-5-4-7-17(18)20/h4-11,14,16,28,34H,12-13H2,1-3H3,(H,29,33)(H,30,35,36). The molecule has 36 heavy (non-hydrogen) atoms. The molecule has 9 heteroatoms. The molecule has 0 radical (unpaired) electrons. The number of aromatic amines is 1. The number of carbonyl (C=O) groups excluding carboxylic acids is 3. The Labute approximate surface area is 207 Å². The number of fused-ring (bicyclic) bond motifs is 2. The molecule has 5 rings (SSSR count). The van der Waals surface area contributed by atoms with Gasteiger partial charge in [-0.15, -0.1) is 0 Å². The molecule has 1 unspecified atom stereocenters. The minimum Gasteiger partial charge on any atom is -0.390 e. The maximum Gasteiger partial charge on any atom is 0.259 e. The zero-order chi connectivity index (χ0) is 25.6. The third kappa shape index (κ3) is 4.08. The normalized spacial score (nSPS) is 14.8. The van der Waals surface area contributed by atoms with Crippen molar-refractivity contribution in [2.75, 3.05) is 26.0 Å². The molecule has 1 atom stereocenters. The predicted octanol–water partition coefficient (Wildman–Crippen LogP) is 2.57. The van der Waals surface area contributed by atoms with Gasteiger partial charge in [0.1, 0.15) is 0 Å². The van der Waals surface area contributed by atoms with Gasteiger partial charge in [0, 0.05) is 59.8 Å². The Balaban J connectivity index is 1.78. The highest BCUT2D eigenvalue weighted by atomic mass is 16.3. The van der Waals surface area contributed by atoms with E-state index in [9.17, 15) is 19.5 Å². The SMILES string of the molecule is CC(=O)Nc1cccc2c1c(C1=C(c3c[nH]c4ccccc34)C(=O)NC1=O)cn2CC(O)CN(C)C. The van der Waals surface area contributed by atoms with Gasteiger partial charge in [-0.1, -0.05) is 24.3 Å². The van der Waals surface area contributed by atoms with E-state index in [1.165, 1.54) is 6.92 Å². The predicted molar refractivity (Wildman–Crippen MR) is 139 cm³/mol. The van der Waals surface area contributed by atoms with Gasteiger partial charge < -0.3 is 24.9 Å². The summed E-state index contributed by atoms with van der Waals surface area (Å²) in [5.74, 6) is -1.25. The van der Waals surface area contributed by atoms with Crippen molar-refractivity contribution in [2.45, 2.75) is 19.6 Å². The molecular weight excluding hydrogens is 458 g/mol. The lowest BCUT2D eigenvalue weighted by Gasteiger charge is -2.17. The minimum atomic E-state index is -0.672. The van der Waals surface area contributed by atoms with Crippen LogP contribution in [0.15, 0.2) is 54.9 Å². The molecule has 3 amide bonds. The van der Waals surface area contributed by atoms with Crippen LogP contribution in [0.4, 0.5) is 5.69 Å². The molecule has 0 saturated carbocycles. The van der Waals surface area contributed by atoms with E-state index in [0.29, 0.717) is 28.7 Å². The number of likely N-dealkylation sites (N-methyl/N-ethyl adjacent to an activating group) is 1. The summed E-state index contributed by atoms with van der Waals surface area (Å²) in [6.07, 6.45) is 2.83. The van der Waals surface area contributed by atoms with Crippen LogP contribution in [0.3, 0.4) is 0 Å². The molecular formula is C27H27N5O4. The number of carbonyl (C=O) groups is 3. The van der Waals surface area contributed by atoms with E-state index in [-0.39, 0.29) is 23.6 Å². The maximum atomic E-state index is 13.2. The number of amides is 3. The van der Waals surface area contributed by atoms with Crippen LogP contribution in [0.1, 0.15) is 18.1 Å². The molecule has 1 aliphatic rings. The maximum absolute atomic E-state index is 13.2. The smallest absolute Gasteiger partial charge is 0.259 e. The third-order valence-electron chi connectivity index (χ3n) is 6.26. The fourth-order valence-electron chi connectivity index (χ4n) is 4.94. The summed E-state index contributed by atoms with van der Waals surface area (Å²) < 4.78 is 1.86. The quantitative estimate of drug-likeness (QED) is 0.300. The Bertz CT molecular complexity index is 1560. The van der Waals surface area contributed by atoms with Crippen molar-refractivity contribution in [3.63, 3.8) is 0 Å². The topological polar surface area (TPSA) is 119 Å². The van der Waals surface area contributed by atoms with Crippen LogP contribution >= 0.6 is 0 Å². The molecule has 3 heterocycles. The summed E-state index contributed by atoms with van der Waals surface area (Å²) in [7, 11) is 3.76. The number of aliphatic hydroxyl groups excluding tert-OH is 1. The number of hydrogen-bond donors (Lipinski definition) is 4. The van der Waals surface area contributed by atoms with Crippen molar-refractivity contribution in [1.82, 2.24) is 19.8 Å². The van der Waals surface area contributed by atoms with Gasteiger partial charge >= 0.3 is 0 Å².